The zero-order valence-corrected chi connectivity index (χ0v) is 9.48. The predicted molar refractivity (Wildman–Crippen MR) is 62.1 cm³/mol. The van der Waals surface area contributed by atoms with Crippen LogP contribution in [0.2, 0.25) is 0 Å². The number of hydrogen-bond acceptors (Lipinski definition) is 3. The zero-order chi connectivity index (χ0) is 13.0. The van der Waals surface area contributed by atoms with Gasteiger partial charge in [-0.2, -0.15) is 5.10 Å². The SMILES string of the molecule is O=C(NCc1ccc(F)c(CO)c1)c1ccn[nH]1. The first-order valence-electron chi connectivity index (χ1n) is 5.36. The molecule has 94 valence electrons. The normalized spacial score (nSPS) is 10.3. The highest BCUT2D eigenvalue weighted by Crippen LogP contribution is 2.10. The molecule has 0 bridgehead atoms. The number of benzene rings is 1. The van der Waals surface area contributed by atoms with Crippen molar-refractivity contribution in [3.63, 3.8) is 0 Å². The Morgan fingerprint density at radius 3 is 2.94 bits per heavy atom. The first-order chi connectivity index (χ1) is 8.70. The summed E-state index contributed by atoms with van der Waals surface area (Å²) in [6.07, 6.45) is 1.48. The van der Waals surface area contributed by atoms with Gasteiger partial charge in [0, 0.05) is 18.3 Å². The van der Waals surface area contributed by atoms with Crippen LogP contribution < -0.4 is 5.32 Å². The molecule has 18 heavy (non-hydrogen) atoms. The largest absolute Gasteiger partial charge is 0.392 e. The number of carbonyl (C=O) groups excluding carboxylic acids is 1. The third kappa shape index (κ3) is 2.72. The maximum atomic E-state index is 13.1. The lowest BCUT2D eigenvalue weighted by Crippen LogP contribution is -2.23. The molecule has 0 atom stereocenters. The monoisotopic (exact) mass is 249 g/mol. The molecule has 1 aromatic heterocycles. The topological polar surface area (TPSA) is 78.0 Å². The maximum Gasteiger partial charge on any atom is 0.269 e. The van der Waals surface area contributed by atoms with Crippen molar-refractivity contribution in [1.29, 1.82) is 0 Å². The lowest BCUT2D eigenvalue weighted by Gasteiger charge is -2.06. The average molecular weight is 249 g/mol. The second-order valence-electron chi connectivity index (χ2n) is 3.74. The van der Waals surface area contributed by atoms with Crippen molar-refractivity contribution in [3.05, 3.63) is 53.1 Å². The average Bonchev–Trinajstić information content (AvgIpc) is 2.91. The first-order valence-corrected chi connectivity index (χ1v) is 5.36. The fourth-order valence-electron chi connectivity index (χ4n) is 1.52. The van der Waals surface area contributed by atoms with Gasteiger partial charge in [-0.1, -0.05) is 6.07 Å². The highest BCUT2D eigenvalue weighted by molar-refractivity contribution is 5.91. The second kappa shape index (κ2) is 5.42. The number of H-pyrrole nitrogens is 1. The van der Waals surface area contributed by atoms with Gasteiger partial charge in [-0.15, -0.1) is 0 Å². The molecule has 3 N–H and O–H groups in total. The van der Waals surface area contributed by atoms with E-state index in [4.69, 9.17) is 5.11 Å². The Kier molecular flexibility index (Phi) is 3.69. The molecule has 0 aliphatic heterocycles. The summed E-state index contributed by atoms with van der Waals surface area (Å²) in [6.45, 7) is -0.112. The fraction of sp³-hybridized carbons (Fsp3) is 0.167. The fourth-order valence-corrected chi connectivity index (χ4v) is 1.52. The summed E-state index contributed by atoms with van der Waals surface area (Å²) in [6, 6.07) is 5.90. The number of aliphatic hydroxyl groups is 1. The summed E-state index contributed by atoms with van der Waals surface area (Å²) < 4.78 is 13.1. The van der Waals surface area contributed by atoms with E-state index >= 15 is 0 Å². The van der Waals surface area contributed by atoms with Gasteiger partial charge >= 0.3 is 0 Å². The van der Waals surface area contributed by atoms with Crippen LogP contribution in [-0.2, 0) is 13.2 Å². The lowest BCUT2D eigenvalue weighted by molar-refractivity contribution is 0.0946. The summed E-state index contributed by atoms with van der Waals surface area (Å²) in [7, 11) is 0. The molecule has 0 aliphatic rings. The molecule has 6 heteroatoms. The van der Waals surface area contributed by atoms with Crippen molar-refractivity contribution in [3.8, 4) is 0 Å². The molecule has 1 heterocycles. The standard InChI is InChI=1S/C12H12FN3O2/c13-10-2-1-8(5-9(10)7-17)6-14-12(18)11-3-4-15-16-11/h1-5,17H,6-7H2,(H,14,18)(H,15,16). The highest BCUT2D eigenvalue weighted by atomic mass is 19.1. The number of carbonyl (C=O) groups is 1. The Morgan fingerprint density at radius 2 is 2.28 bits per heavy atom. The maximum absolute atomic E-state index is 13.1. The minimum Gasteiger partial charge on any atom is -0.392 e. The van der Waals surface area contributed by atoms with Crippen LogP contribution in [0.4, 0.5) is 4.39 Å². The molecule has 0 saturated heterocycles. The van der Waals surface area contributed by atoms with Crippen molar-refractivity contribution in [2.24, 2.45) is 0 Å². The van der Waals surface area contributed by atoms with Crippen LogP contribution in [-0.4, -0.2) is 21.2 Å². The minimum absolute atomic E-state index is 0.211. The number of aromatic nitrogens is 2. The van der Waals surface area contributed by atoms with Crippen LogP contribution in [0.15, 0.2) is 30.5 Å². The number of nitrogens with one attached hydrogen (secondary N) is 2. The molecule has 2 aromatic rings. The van der Waals surface area contributed by atoms with Crippen molar-refractivity contribution in [2.75, 3.05) is 0 Å². The van der Waals surface area contributed by atoms with Gasteiger partial charge in [-0.3, -0.25) is 9.89 Å². The molecule has 0 aliphatic carbocycles. The van der Waals surface area contributed by atoms with Crippen molar-refractivity contribution in [1.82, 2.24) is 15.5 Å². The van der Waals surface area contributed by atoms with Crippen LogP contribution in [0.3, 0.4) is 0 Å². The minimum atomic E-state index is -0.457. The summed E-state index contributed by atoms with van der Waals surface area (Å²) >= 11 is 0. The Morgan fingerprint density at radius 1 is 1.44 bits per heavy atom. The molecule has 1 amide bonds. The van der Waals surface area contributed by atoms with Crippen molar-refractivity contribution in [2.45, 2.75) is 13.2 Å². The summed E-state index contributed by atoms with van der Waals surface area (Å²) in [5.41, 5.74) is 1.29. The Balaban J connectivity index is 2.00. The zero-order valence-electron chi connectivity index (χ0n) is 9.48. The van der Waals surface area contributed by atoms with E-state index in [0.29, 0.717) is 11.3 Å². The molecule has 0 spiro atoms. The van der Waals surface area contributed by atoms with Gasteiger partial charge in [0.2, 0.25) is 0 Å². The third-order valence-electron chi connectivity index (χ3n) is 2.48. The molecule has 2 rings (SSSR count). The predicted octanol–water partition coefficient (Wildman–Crippen LogP) is 0.971. The van der Waals surface area contributed by atoms with E-state index in [1.807, 2.05) is 0 Å². The van der Waals surface area contributed by atoms with Crippen LogP contribution in [0.1, 0.15) is 21.6 Å². The molecule has 0 radical (unpaired) electrons. The van der Waals surface area contributed by atoms with Crippen LogP contribution in [0.25, 0.3) is 0 Å². The Hall–Kier alpha value is -2.21. The van der Waals surface area contributed by atoms with Crippen LogP contribution >= 0.6 is 0 Å². The molecule has 0 saturated carbocycles. The Labute approximate surface area is 103 Å². The molecule has 1 aromatic carbocycles. The molecule has 0 unspecified atom stereocenters. The van der Waals surface area contributed by atoms with Gasteiger partial charge in [0.15, 0.2) is 0 Å². The van der Waals surface area contributed by atoms with Crippen LogP contribution in [0, 0.1) is 5.82 Å². The van der Waals surface area contributed by atoms with E-state index in [0.717, 1.165) is 0 Å². The summed E-state index contributed by atoms with van der Waals surface area (Å²) in [5, 5.41) is 17.8. The first kappa shape index (κ1) is 12.3. The number of nitrogens with zero attached hydrogens (tertiary/aromatic N) is 1. The van der Waals surface area contributed by atoms with E-state index in [2.05, 4.69) is 15.5 Å². The number of rotatable bonds is 4. The molecular formula is C12H12FN3O2. The van der Waals surface area contributed by atoms with Gasteiger partial charge < -0.3 is 10.4 Å². The smallest absolute Gasteiger partial charge is 0.269 e. The van der Waals surface area contributed by atoms with E-state index < -0.39 is 5.82 Å². The van der Waals surface area contributed by atoms with E-state index in [1.165, 1.54) is 18.3 Å². The number of hydrogen-bond donors (Lipinski definition) is 3. The van der Waals surface area contributed by atoms with Gasteiger partial charge in [0.1, 0.15) is 11.5 Å². The summed E-state index contributed by atoms with van der Waals surface area (Å²) in [4.78, 5) is 11.6. The Bertz CT molecular complexity index is 540. The molecule has 0 fully saturated rings. The van der Waals surface area contributed by atoms with Crippen molar-refractivity contribution < 1.29 is 14.3 Å². The van der Waals surface area contributed by atoms with Crippen molar-refractivity contribution >= 4 is 5.91 Å². The number of aliphatic hydroxyl groups excluding tert-OH is 1. The van der Waals surface area contributed by atoms with E-state index in [1.54, 1.807) is 12.1 Å². The molecule has 5 nitrogen and oxygen atoms in total. The quantitative estimate of drug-likeness (QED) is 0.755. The highest BCUT2D eigenvalue weighted by Gasteiger charge is 2.07. The number of halogens is 1. The van der Waals surface area contributed by atoms with E-state index in [9.17, 15) is 9.18 Å². The lowest BCUT2D eigenvalue weighted by atomic mass is 10.1. The third-order valence-corrected chi connectivity index (χ3v) is 2.48. The van der Waals surface area contributed by atoms with E-state index in [-0.39, 0.29) is 24.6 Å². The van der Waals surface area contributed by atoms with Gasteiger partial charge in [-0.05, 0) is 23.8 Å². The van der Waals surface area contributed by atoms with Gasteiger partial charge in [-0.25, -0.2) is 4.39 Å². The van der Waals surface area contributed by atoms with Gasteiger partial charge in [0.25, 0.3) is 5.91 Å². The second-order valence-corrected chi connectivity index (χ2v) is 3.74. The molecular weight excluding hydrogens is 237 g/mol. The summed E-state index contributed by atoms with van der Waals surface area (Å²) in [5.74, 6) is -0.747. The van der Waals surface area contributed by atoms with Gasteiger partial charge in [0.05, 0.1) is 6.61 Å². The number of aromatic amines is 1. The van der Waals surface area contributed by atoms with Crippen LogP contribution in [0.5, 0.6) is 0 Å². The number of amides is 1.